The Labute approximate surface area is 167 Å². The van der Waals surface area contributed by atoms with Gasteiger partial charge in [-0.15, -0.1) is 11.3 Å². The smallest absolute Gasteiger partial charge is 0.339 e. The molecule has 0 unspecified atom stereocenters. The van der Waals surface area contributed by atoms with E-state index in [0.717, 1.165) is 24.0 Å². The van der Waals surface area contributed by atoms with Crippen LogP contribution in [-0.4, -0.2) is 24.1 Å². The van der Waals surface area contributed by atoms with Gasteiger partial charge in [0.1, 0.15) is 21.9 Å². The first-order valence-electron chi connectivity index (χ1n) is 8.19. The van der Waals surface area contributed by atoms with E-state index in [4.69, 9.17) is 0 Å². The Kier molecular flexibility index (Phi) is 5.60. The summed E-state index contributed by atoms with van der Waals surface area (Å²) in [5.41, 5.74) is 0.428. The van der Waals surface area contributed by atoms with Crippen LogP contribution in [0.25, 0.3) is 11.1 Å². The molecule has 1 heterocycles. The molecule has 0 bridgehead atoms. The lowest BCUT2D eigenvalue weighted by molar-refractivity contribution is 0.0699. The fourth-order valence-electron chi connectivity index (χ4n) is 2.78. The lowest BCUT2D eigenvalue weighted by atomic mass is 10.0. The zero-order chi connectivity index (χ0) is 21.3. The molecular formula is C20H14F3NO4S. The highest BCUT2D eigenvalue weighted by Crippen LogP contribution is 2.36. The van der Waals surface area contributed by atoms with Crippen LogP contribution in [0.15, 0.2) is 35.7 Å². The van der Waals surface area contributed by atoms with Gasteiger partial charge in [0, 0.05) is 17.0 Å². The number of amides is 1. The van der Waals surface area contributed by atoms with E-state index in [1.807, 2.05) is 13.0 Å². The summed E-state index contributed by atoms with van der Waals surface area (Å²) in [4.78, 5) is 24.2. The highest BCUT2D eigenvalue weighted by molar-refractivity contribution is 7.15. The van der Waals surface area contributed by atoms with Gasteiger partial charge in [0.2, 0.25) is 5.82 Å². The summed E-state index contributed by atoms with van der Waals surface area (Å²) in [5.74, 6) is -7.94. The van der Waals surface area contributed by atoms with Gasteiger partial charge in [-0.05, 0) is 12.5 Å². The van der Waals surface area contributed by atoms with Crippen molar-refractivity contribution in [3.05, 3.63) is 69.9 Å². The van der Waals surface area contributed by atoms with Gasteiger partial charge in [0.25, 0.3) is 5.91 Å². The van der Waals surface area contributed by atoms with Crippen LogP contribution in [0, 0.1) is 24.4 Å². The standard InChI is InChI=1S/C20H14F3NO4S/c1-9-4-3-5-10(6-9)11-8-29-19(14(11)20(26)27)24-18(25)15-12(21)7-13(28-2)16(22)17(15)23/h3-8H,1-2H3,(H,24,25)(H,26,27). The summed E-state index contributed by atoms with van der Waals surface area (Å²) in [6.45, 7) is 1.84. The fourth-order valence-corrected chi connectivity index (χ4v) is 3.74. The van der Waals surface area contributed by atoms with E-state index in [0.29, 0.717) is 17.2 Å². The Morgan fingerprint density at radius 1 is 1.10 bits per heavy atom. The topological polar surface area (TPSA) is 75.6 Å². The molecule has 0 atom stereocenters. The van der Waals surface area contributed by atoms with Gasteiger partial charge in [-0.2, -0.15) is 4.39 Å². The van der Waals surface area contributed by atoms with Crippen LogP contribution >= 0.6 is 11.3 Å². The van der Waals surface area contributed by atoms with Gasteiger partial charge in [-0.1, -0.05) is 29.8 Å². The number of rotatable bonds is 5. The van der Waals surface area contributed by atoms with Gasteiger partial charge in [-0.3, -0.25) is 4.79 Å². The van der Waals surface area contributed by atoms with Crippen molar-refractivity contribution in [1.29, 1.82) is 0 Å². The summed E-state index contributed by atoms with van der Waals surface area (Å²) >= 11 is 0.876. The van der Waals surface area contributed by atoms with Crippen molar-refractivity contribution in [3.63, 3.8) is 0 Å². The number of carboxylic acids is 1. The molecule has 1 amide bonds. The largest absolute Gasteiger partial charge is 0.493 e. The quantitative estimate of drug-likeness (QED) is 0.562. The number of carbonyl (C=O) groups is 2. The SMILES string of the molecule is COc1cc(F)c(C(=O)Nc2scc(-c3cccc(C)c3)c2C(=O)O)c(F)c1F. The minimum Gasteiger partial charge on any atom is -0.493 e. The average molecular weight is 421 g/mol. The zero-order valence-electron chi connectivity index (χ0n) is 15.2. The number of nitrogens with one attached hydrogen (secondary N) is 1. The summed E-state index contributed by atoms with van der Waals surface area (Å²) in [5, 5.41) is 13.2. The molecule has 0 saturated carbocycles. The Bertz CT molecular complexity index is 1130. The lowest BCUT2D eigenvalue weighted by Gasteiger charge is -2.10. The third-order valence-electron chi connectivity index (χ3n) is 4.13. The highest BCUT2D eigenvalue weighted by Gasteiger charge is 2.27. The maximum absolute atomic E-state index is 14.2. The molecule has 0 aliphatic heterocycles. The molecule has 0 spiro atoms. The number of hydrogen-bond acceptors (Lipinski definition) is 4. The van der Waals surface area contributed by atoms with Crippen molar-refractivity contribution in [2.75, 3.05) is 12.4 Å². The van der Waals surface area contributed by atoms with E-state index >= 15 is 0 Å². The summed E-state index contributed by atoms with van der Waals surface area (Å²) in [7, 11) is 1.02. The number of thiophene rings is 1. The molecule has 3 aromatic rings. The molecule has 0 aliphatic rings. The summed E-state index contributed by atoms with van der Waals surface area (Å²) in [6, 6.07) is 7.58. The molecule has 5 nitrogen and oxygen atoms in total. The van der Waals surface area contributed by atoms with Crippen molar-refractivity contribution >= 4 is 28.2 Å². The van der Waals surface area contributed by atoms with Crippen molar-refractivity contribution < 1.29 is 32.6 Å². The number of hydrogen-bond donors (Lipinski definition) is 2. The van der Waals surface area contributed by atoms with Crippen molar-refractivity contribution in [1.82, 2.24) is 0 Å². The molecule has 2 aromatic carbocycles. The second-order valence-electron chi connectivity index (χ2n) is 6.05. The van der Waals surface area contributed by atoms with Gasteiger partial charge in [0.05, 0.1) is 7.11 Å². The molecule has 0 radical (unpaired) electrons. The molecule has 1 aromatic heterocycles. The number of carboxylic acid groups (broad SMARTS) is 1. The molecule has 0 fully saturated rings. The minimum atomic E-state index is -1.73. The number of ether oxygens (including phenoxy) is 1. The molecule has 0 aliphatic carbocycles. The van der Waals surface area contributed by atoms with Gasteiger partial charge in [-0.25, -0.2) is 13.6 Å². The van der Waals surface area contributed by atoms with Crippen LogP contribution < -0.4 is 10.1 Å². The first-order chi connectivity index (χ1) is 13.7. The van der Waals surface area contributed by atoms with Gasteiger partial charge >= 0.3 is 5.97 Å². The van der Waals surface area contributed by atoms with E-state index in [2.05, 4.69) is 10.1 Å². The van der Waals surface area contributed by atoms with E-state index < -0.39 is 40.6 Å². The number of aryl methyl sites for hydroxylation is 1. The zero-order valence-corrected chi connectivity index (χ0v) is 16.0. The minimum absolute atomic E-state index is 0.131. The van der Waals surface area contributed by atoms with Crippen molar-refractivity contribution in [3.8, 4) is 16.9 Å². The Morgan fingerprint density at radius 3 is 2.45 bits per heavy atom. The first-order valence-corrected chi connectivity index (χ1v) is 9.07. The first kappa shape index (κ1) is 20.4. The third kappa shape index (κ3) is 3.81. The molecule has 29 heavy (non-hydrogen) atoms. The molecule has 0 saturated heterocycles. The molecule has 3 rings (SSSR count). The Balaban J connectivity index is 2.03. The van der Waals surface area contributed by atoms with Crippen LogP contribution in [0.5, 0.6) is 5.75 Å². The lowest BCUT2D eigenvalue weighted by Crippen LogP contribution is -2.18. The van der Waals surface area contributed by atoms with E-state index in [9.17, 15) is 27.9 Å². The monoisotopic (exact) mass is 421 g/mol. The number of carbonyl (C=O) groups excluding carboxylic acids is 1. The normalized spacial score (nSPS) is 10.7. The van der Waals surface area contributed by atoms with Crippen molar-refractivity contribution in [2.45, 2.75) is 6.92 Å². The van der Waals surface area contributed by atoms with E-state index in [1.165, 1.54) is 5.38 Å². The maximum atomic E-state index is 14.2. The predicted molar refractivity (Wildman–Crippen MR) is 102 cm³/mol. The number of methoxy groups -OCH3 is 1. The van der Waals surface area contributed by atoms with Crippen LogP contribution in [0.3, 0.4) is 0 Å². The fraction of sp³-hybridized carbons (Fsp3) is 0.100. The number of aromatic carboxylic acids is 1. The van der Waals surface area contributed by atoms with Crippen LogP contribution in [-0.2, 0) is 0 Å². The predicted octanol–water partition coefficient (Wildman–Crippen LogP) is 5.10. The van der Waals surface area contributed by atoms with Crippen LogP contribution in [0.4, 0.5) is 18.2 Å². The highest BCUT2D eigenvalue weighted by atomic mass is 32.1. The molecular weight excluding hydrogens is 407 g/mol. The number of benzene rings is 2. The summed E-state index contributed by atoms with van der Waals surface area (Å²) in [6.07, 6.45) is 0. The van der Waals surface area contributed by atoms with E-state index in [1.54, 1.807) is 18.2 Å². The van der Waals surface area contributed by atoms with Crippen molar-refractivity contribution in [2.24, 2.45) is 0 Å². The second kappa shape index (κ2) is 7.96. The van der Waals surface area contributed by atoms with E-state index in [-0.39, 0.29) is 10.6 Å². The van der Waals surface area contributed by atoms with Crippen LogP contribution in [0.1, 0.15) is 26.3 Å². The van der Waals surface area contributed by atoms with Gasteiger partial charge < -0.3 is 15.2 Å². The molecule has 150 valence electrons. The Hall–Kier alpha value is -3.33. The molecule has 2 N–H and O–H groups in total. The average Bonchev–Trinajstić information content (AvgIpc) is 3.08. The molecule has 9 heteroatoms. The number of anilines is 1. The third-order valence-corrected chi connectivity index (χ3v) is 5.03. The maximum Gasteiger partial charge on any atom is 0.339 e. The summed E-state index contributed by atoms with van der Waals surface area (Å²) < 4.78 is 46.7. The van der Waals surface area contributed by atoms with Gasteiger partial charge in [0.15, 0.2) is 11.6 Å². The Morgan fingerprint density at radius 2 is 1.83 bits per heavy atom. The number of halogens is 3. The van der Waals surface area contributed by atoms with Crippen LogP contribution in [0.2, 0.25) is 0 Å². The second-order valence-corrected chi connectivity index (χ2v) is 6.93.